The molecule has 0 aliphatic carbocycles. The van der Waals surface area contributed by atoms with Crippen molar-refractivity contribution < 1.29 is 19.3 Å². The smallest absolute Gasteiger partial charge is 0.350 e. The van der Waals surface area contributed by atoms with E-state index in [9.17, 15) is 9.90 Å². The van der Waals surface area contributed by atoms with Gasteiger partial charge in [0, 0.05) is 19.6 Å². The summed E-state index contributed by atoms with van der Waals surface area (Å²) in [6.45, 7) is 4.08. The molecular formula is C13H23N3O5. The molecule has 0 fully saturated rings. The van der Waals surface area contributed by atoms with Gasteiger partial charge >= 0.3 is 5.69 Å². The molecule has 2 N–H and O–H groups in total. The van der Waals surface area contributed by atoms with Crippen LogP contribution in [0.2, 0.25) is 0 Å². The van der Waals surface area contributed by atoms with Crippen LogP contribution in [-0.4, -0.2) is 59.2 Å². The molecule has 1 aromatic rings. The minimum absolute atomic E-state index is 0.138. The molecule has 1 aromatic heterocycles. The second kappa shape index (κ2) is 11.2. The van der Waals surface area contributed by atoms with Crippen LogP contribution in [0.4, 0.5) is 0 Å². The number of nitrogens with zero attached hydrogens (tertiary/aromatic N) is 2. The molecule has 0 saturated heterocycles. The summed E-state index contributed by atoms with van der Waals surface area (Å²) in [6.07, 6.45) is 3.22. The van der Waals surface area contributed by atoms with Crippen molar-refractivity contribution in [3.63, 3.8) is 0 Å². The van der Waals surface area contributed by atoms with E-state index in [-0.39, 0.29) is 12.6 Å². The zero-order valence-electron chi connectivity index (χ0n) is 12.3. The Kier molecular flexibility index (Phi) is 9.34. The molecule has 1 rings (SSSR count). The lowest BCUT2D eigenvalue weighted by molar-refractivity contribution is -0.0210. The molecule has 0 spiro atoms. The number of aromatic nitrogens is 3. The molecule has 21 heavy (non-hydrogen) atoms. The highest BCUT2D eigenvalue weighted by Crippen LogP contribution is 1.96. The van der Waals surface area contributed by atoms with Gasteiger partial charge in [-0.05, 0) is 6.42 Å². The van der Waals surface area contributed by atoms with E-state index in [1.54, 1.807) is 0 Å². The molecule has 0 radical (unpaired) electrons. The molecule has 0 aliphatic rings. The maximum absolute atomic E-state index is 10.9. The molecule has 1 heterocycles. The minimum atomic E-state index is -0.610. The summed E-state index contributed by atoms with van der Waals surface area (Å²) in [4.78, 5) is 20.4. The molecule has 0 bridgehead atoms. The lowest BCUT2D eigenvalue weighted by Gasteiger charge is -2.11. The Morgan fingerprint density at radius 3 is 2.57 bits per heavy atom. The number of aliphatic hydroxyl groups is 1. The Hall–Kier alpha value is -1.51. The van der Waals surface area contributed by atoms with Crippen LogP contribution in [0.15, 0.2) is 11.1 Å². The summed E-state index contributed by atoms with van der Waals surface area (Å²) in [5.41, 5.74) is -0.498. The van der Waals surface area contributed by atoms with Crippen molar-refractivity contribution >= 4 is 0 Å². The van der Waals surface area contributed by atoms with E-state index in [1.807, 2.05) is 0 Å². The van der Waals surface area contributed by atoms with E-state index in [0.29, 0.717) is 32.8 Å². The van der Waals surface area contributed by atoms with Crippen molar-refractivity contribution in [2.75, 3.05) is 33.0 Å². The minimum Gasteiger partial charge on any atom is -0.465 e. The summed E-state index contributed by atoms with van der Waals surface area (Å²) in [5.74, 6) is 0. The average molecular weight is 301 g/mol. The van der Waals surface area contributed by atoms with E-state index in [1.165, 1.54) is 0 Å². The van der Waals surface area contributed by atoms with E-state index in [0.717, 1.165) is 19.2 Å². The number of hydrogen-bond donors (Lipinski definition) is 2. The number of nitrogens with one attached hydrogen (secondary N) is 1. The van der Waals surface area contributed by atoms with Crippen LogP contribution in [0.25, 0.3) is 0 Å². The number of unbranched alkanes of at least 4 members (excludes halogenated alkanes) is 1. The third-order valence-electron chi connectivity index (χ3n) is 2.50. The Balaban J connectivity index is 1.95. The van der Waals surface area contributed by atoms with Crippen LogP contribution in [0.3, 0.4) is 0 Å². The number of H-pyrrole nitrogens is 1. The standard InChI is InChI=1S/C13H23N3O5/c1-2-3-5-19-8-11(17)9-20-6-4-7-21-13-15-10-14-12(18)16-13/h10-11,17H,2-9H2,1H3,(H,14,15,16,18). The number of aliphatic hydroxyl groups excluding tert-OH is 1. The molecule has 0 saturated carbocycles. The van der Waals surface area contributed by atoms with Gasteiger partial charge in [-0.1, -0.05) is 13.3 Å². The van der Waals surface area contributed by atoms with Gasteiger partial charge in [0.1, 0.15) is 12.4 Å². The summed E-state index contributed by atoms with van der Waals surface area (Å²) >= 11 is 0. The van der Waals surface area contributed by atoms with E-state index in [4.69, 9.17) is 14.2 Å². The lowest BCUT2D eigenvalue weighted by atomic mass is 10.3. The van der Waals surface area contributed by atoms with Gasteiger partial charge in [-0.2, -0.15) is 9.97 Å². The number of rotatable bonds is 12. The van der Waals surface area contributed by atoms with Crippen molar-refractivity contribution in [3.05, 3.63) is 16.8 Å². The van der Waals surface area contributed by atoms with Gasteiger partial charge in [0.2, 0.25) is 0 Å². The first kappa shape index (κ1) is 17.5. The second-order valence-corrected chi connectivity index (χ2v) is 4.47. The lowest BCUT2D eigenvalue weighted by Crippen LogP contribution is -2.22. The summed E-state index contributed by atoms with van der Waals surface area (Å²) < 4.78 is 15.8. The maximum Gasteiger partial charge on any atom is 0.350 e. The van der Waals surface area contributed by atoms with Gasteiger partial charge in [-0.15, -0.1) is 0 Å². The largest absolute Gasteiger partial charge is 0.465 e. The predicted octanol–water partition coefficient (Wildman–Crippen LogP) is 0.128. The zero-order chi connectivity index (χ0) is 15.3. The maximum atomic E-state index is 10.9. The van der Waals surface area contributed by atoms with Crippen LogP contribution >= 0.6 is 0 Å². The summed E-state index contributed by atoms with van der Waals surface area (Å²) in [7, 11) is 0. The van der Waals surface area contributed by atoms with E-state index >= 15 is 0 Å². The van der Waals surface area contributed by atoms with E-state index < -0.39 is 11.8 Å². The molecule has 8 nitrogen and oxygen atoms in total. The third-order valence-corrected chi connectivity index (χ3v) is 2.50. The Bertz CT molecular complexity index is 426. The monoisotopic (exact) mass is 301 g/mol. The van der Waals surface area contributed by atoms with Crippen molar-refractivity contribution in [2.45, 2.75) is 32.3 Å². The number of aromatic amines is 1. The van der Waals surface area contributed by atoms with Gasteiger partial charge in [0.15, 0.2) is 0 Å². The fourth-order valence-corrected chi connectivity index (χ4v) is 1.43. The van der Waals surface area contributed by atoms with Gasteiger partial charge in [-0.3, -0.25) is 4.98 Å². The second-order valence-electron chi connectivity index (χ2n) is 4.47. The summed E-state index contributed by atoms with van der Waals surface area (Å²) in [6, 6.07) is 0.138. The highest BCUT2D eigenvalue weighted by Gasteiger charge is 2.04. The van der Waals surface area contributed by atoms with Crippen LogP contribution in [0.1, 0.15) is 26.2 Å². The van der Waals surface area contributed by atoms with Crippen LogP contribution < -0.4 is 10.4 Å². The third kappa shape index (κ3) is 9.11. The van der Waals surface area contributed by atoms with Gasteiger partial charge in [0.05, 0.1) is 19.8 Å². The molecule has 1 unspecified atom stereocenters. The quantitative estimate of drug-likeness (QED) is 0.528. The van der Waals surface area contributed by atoms with Gasteiger partial charge in [-0.25, -0.2) is 4.79 Å². The zero-order valence-corrected chi connectivity index (χ0v) is 12.3. The molecule has 8 heteroatoms. The first-order chi connectivity index (χ1) is 10.2. The highest BCUT2D eigenvalue weighted by molar-refractivity contribution is 4.86. The van der Waals surface area contributed by atoms with E-state index in [2.05, 4.69) is 21.9 Å². The molecule has 120 valence electrons. The highest BCUT2D eigenvalue weighted by atomic mass is 16.5. The fourth-order valence-electron chi connectivity index (χ4n) is 1.43. The first-order valence-electron chi connectivity index (χ1n) is 7.10. The normalized spacial score (nSPS) is 12.3. The van der Waals surface area contributed by atoms with Crippen molar-refractivity contribution in [3.8, 4) is 6.01 Å². The van der Waals surface area contributed by atoms with Crippen molar-refractivity contribution in [1.29, 1.82) is 0 Å². The first-order valence-corrected chi connectivity index (χ1v) is 7.10. The number of hydrogen-bond acceptors (Lipinski definition) is 7. The Labute approximate surface area is 123 Å². The predicted molar refractivity (Wildman–Crippen MR) is 75.3 cm³/mol. The molecule has 0 aliphatic heterocycles. The van der Waals surface area contributed by atoms with Crippen LogP contribution in [-0.2, 0) is 9.47 Å². The Morgan fingerprint density at radius 1 is 1.19 bits per heavy atom. The van der Waals surface area contributed by atoms with Crippen LogP contribution in [0.5, 0.6) is 6.01 Å². The van der Waals surface area contributed by atoms with Gasteiger partial charge < -0.3 is 19.3 Å². The number of ether oxygens (including phenoxy) is 3. The van der Waals surface area contributed by atoms with Crippen molar-refractivity contribution in [1.82, 2.24) is 15.0 Å². The fraction of sp³-hybridized carbons (Fsp3) is 0.769. The van der Waals surface area contributed by atoms with Crippen LogP contribution in [0, 0.1) is 0 Å². The molecular weight excluding hydrogens is 278 g/mol. The van der Waals surface area contributed by atoms with Crippen molar-refractivity contribution in [2.24, 2.45) is 0 Å². The van der Waals surface area contributed by atoms with Gasteiger partial charge in [0.25, 0.3) is 6.01 Å². The SMILES string of the molecule is CCCCOCC(O)COCCCOc1ncnc(=O)[nH]1. The molecule has 0 aromatic carbocycles. The molecule has 1 atom stereocenters. The average Bonchev–Trinajstić information content (AvgIpc) is 2.47. The summed E-state index contributed by atoms with van der Waals surface area (Å²) in [5, 5.41) is 9.58. The Morgan fingerprint density at radius 2 is 1.90 bits per heavy atom. The topological polar surface area (TPSA) is 107 Å². The molecule has 0 amide bonds.